The highest BCUT2D eigenvalue weighted by Gasteiger charge is 2.35. The normalized spacial score (nSPS) is 12.9. The number of para-hydroxylation sites is 3. The lowest BCUT2D eigenvalue weighted by molar-refractivity contribution is 0.660. The van der Waals surface area contributed by atoms with Crippen LogP contribution in [-0.2, 0) is 5.41 Å². The van der Waals surface area contributed by atoms with E-state index in [9.17, 15) is 0 Å². The summed E-state index contributed by atoms with van der Waals surface area (Å²) >= 11 is 0. The first-order chi connectivity index (χ1) is 28.0. The Morgan fingerprint density at radius 2 is 0.912 bits per heavy atom. The van der Waals surface area contributed by atoms with Gasteiger partial charge in [0.05, 0.1) is 22.4 Å². The maximum absolute atomic E-state index is 2.43. The molecule has 0 saturated heterocycles. The maximum atomic E-state index is 2.43. The summed E-state index contributed by atoms with van der Waals surface area (Å²) in [5.41, 5.74) is 17.2. The second kappa shape index (κ2) is 13.0. The summed E-state index contributed by atoms with van der Waals surface area (Å²) in [6, 6.07) is 75.5. The van der Waals surface area contributed by atoms with Gasteiger partial charge < -0.3 is 9.47 Å². The van der Waals surface area contributed by atoms with Gasteiger partial charge in [-0.25, -0.2) is 0 Å². The van der Waals surface area contributed by atoms with Crippen molar-refractivity contribution in [3.63, 3.8) is 0 Å². The van der Waals surface area contributed by atoms with E-state index in [0.717, 1.165) is 11.4 Å². The largest absolute Gasteiger partial charge is 0.310 e. The zero-order chi connectivity index (χ0) is 38.1. The van der Waals surface area contributed by atoms with E-state index in [1.54, 1.807) is 0 Å². The van der Waals surface area contributed by atoms with Crippen LogP contribution < -0.4 is 4.90 Å². The van der Waals surface area contributed by atoms with Crippen LogP contribution in [0.2, 0.25) is 0 Å². The Morgan fingerprint density at radius 1 is 0.386 bits per heavy atom. The molecule has 0 atom stereocenters. The molecule has 1 aromatic heterocycles. The maximum Gasteiger partial charge on any atom is 0.0541 e. The molecule has 1 heterocycles. The van der Waals surface area contributed by atoms with E-state index < -0.39 is 0 Å². The summed E-state index contributed by atoms with van der Waals surface area (Å²) in [6.45, 7) is 4.71. The summed E-state index contributed by atoms with van der Waals surface area (Å²) in [4.78, 5) is 2.43. The minimum Gasteiger partial charge on any atom is -0.310 e. The first-order valence-electron chi connectivity index (χ1n) is 19.9. The fraction of sp³-hybridized carbons (Fsp3) is 0.0545. The van der Waals surface area contributed by atoms with Crippen LogP contribution in [0, 0.1) is 0 Å². The van der Waals surface area contributed by atoms with E-state index in [0.29, 0.717) is 0 Å². The summed E-state index contributed by atoms with van der Waals surface area (Å²) < 4.78 is 2.41. The van der Waals surface area contributed by atoms with Crippen LogP contribution >= 0.6 is 0 Å². The van der Waals surface area contributed by atoms with Crippen molar-refractivity contribution in [2.75, 3.05) is 4.90 Å². The van der Waals surface area contributed by atoms with Crippen LogP contribution in [-0.4, -0.2) is 4.57 Å². The highest BCUT2D eigenvalue weighted by Crippen LogP contribution is 2.51. The SMILES string of the molecule is CC1(C)c2ccccc2-c2ccc(N(c3ccc(-c4ccc(-c5ccccc5-n5c6ccccc6c6ccccc65)cc4)cc3)c3cccc4ccccc34)cc21. The van der Waals surface area contributed by atoms with Crippen molar-refractivity contribution < 1.29 is 0 Å². The molecule has 0 spiro atoms. The summed E-state index contributed by atoms with van der Waals surface area (Å²) in [7, 11) is 0. The standard InChI is InChI=1S/C55H40N2/c1-55(2)49-21-9-5-18-45(49)46-35-34-42(36-50(46)55)56(51-25-13-15-39-14-3-4-16-43(39)51)41-32-30-38(31-33-41)37-26-28-40(29-27-37)44-17-6-10-22-52(44)57-53-23-11-7-19-47(53)48-20-8-12-24-54(48)57/h3-36H,1-2H3. The van der Waals surface area contributed by atoms with Gasteiger partial charge in [-0.05, 0) is 92.9 Å². The monoisotopic (exact) mass is 728 g/mol. The Hall–Kier alpha value is -7.16. The van der Waals surface area contributed by atoms with Gasteiger partial charge in [0.15, 0.2) is 0 Å². The predicted molar refractivity (Wildman–Crippen MR) is 241 cm³/mol. The second-order valence-electron chi connectivity index (χ2n) is 15.7. The van der Waals surface area contributed by atoms with E-state index in [-0.39, 0.29) is 5.41 Å². The topological polar surface area (TPSA) is 8.17 Å². The summed E-state index contributed by atoms with van der Waals surface area (Å²) in [5.74, 6) is 0. The zero-order valence-electron chi connectivity index (χ0n) is 32.0. The number of aromatic nitrogens is 1. The molecule has 0 fully saturated rings. The molecule has 2 nitrogen and oxygen atoms in total. The third kappa shape index (κ3) is 5.25. The fourth-order valence-electron chi connectivity index (χ4n) is 9.40. The van der Waals surface area contributed by atoms with Gasteiger partial charge in [0.1, 0.15) is 0 Å². The highest BCUT2D eigenvalue weighted by molar-refractivity contribution is 6.09. The molecular formula is C55H40N2. The van der Waals surface area contributed by atoms with Crippen molar-refractivity contribution in [2.24, 2.45) is 0 Å². The lowest BCUT2D eigenvalue weighted by Gasteiger charge is -2.29. The van der Waals surface area contributed by atoms with Crippen molar-refractivity contribution in [3.8, 4) is 39.1 Å². The van der Waals surface area contributed by atoms with Gasteiger partial charge in [-0.15, -0.1) is 0 Å². The molecule has 0 unspecified atom stereocenters. The highest BCUT2D eigenvalue weighted by atomic mass is 15.1. The minimum atomic E-state index is -0.0909. The van der Waals surface area contributed by atoms with Crippen molar-refractivity contribution in [2.45, 2.75) is 19.3 Å². The van der Waals surface area contributed by atoms with Gasteiger partial charge in [-0.2, -0.15) is 0 Å². The molecule has 9 aromatic carbocycles. The molecule has 11 rings (SSSR count). The molecule has 0 saturated carbocycles. The van der Waals surface area contributed by atoms with Gasteiger partial charge in [-0.1, -0.05) is 172 Å². The number of hydrogen-bond donors (Lipinski definition) is 0. The van der Waals surface area contributed by atoms with Crippen LogP contribution in [0.15, 0.2) is 206 Å². The molecule has 1 aliphatic carbocycles. The third-order valence-electron chi connectivity index (χ3n) is 12.2. The lowest BCUT2D eigenvalue weighted by Crippen LogP contribution is -2.16. The fourth-order valence-corrected chi connectivity index (χ4v) is 9.40. The third-order valence-corrected chi connectivity index (χ3v) is 12.2. The van der Waals surface area contributed by atoms with Gasteiger partial charge in [0, 0.05) is 38.5 Å². The summed E-state index contributed by atoms with van der Waals surface area (Å²) in [5, 5.41) is 4.99. The van der Waals surface area contributed by atoms with E-state index in [1.807, 2.05) is 0 Å². The van der Waals surface area contributed by atoms with Crippen LogP contribution in [0.5, 0.6) is 0 Å². The van der Waals surface area contributed by atoms with Crippen LogP contribution in [0.4, 0.5) is 17.1 Å². The van der Waals surface area contributed by atoms with Gasteiger partial charge >= 0.3 is 0 Å². The number of nitrogens with zero attached hydrogens (tertiary/aromatic N) is 2. The molecule has 0 aliphatic heterocycles. The van der Waals surface area contributed by atoms with E-state index in [4.69, 9.17) is 0 Å². The molecular weight excluding hydrogens is 689 g/mol. The molecule has 0 radical (unpaired) electrons. The Kier molecular flexibility index (Phi) is 7.55. The lowest BCUT2D eigenvalue weighted by atomic mass is 9.82. The molecule has 0 N–H and O–H groups in total. The Bertz CT molecular complexity index is 3090. The molecule has 2 heteroatoms. The molecule has 0 bridgehead atoms. The van der Waals surface area contributed by atoms with E-state index >= 15 is 0 Å². The molecule has 57 heavy (non-hydrogen) atoms. The predicted octanol–water partition coefficient (Wildman–Crippen LogP) is 15.0. The van der Waals surface area contributed by atoms with Crippen molar-refractivity contribution in [3.05, 3.63) is 217 Å². The zero-order valence-corrected chi connectivity index (χ0v) is 32.0. The average Bonchev–Trinajstić information content (AvgIpc) is 3.72. The number of benzene rings is 9. The Morgan fingerprint density at radius 3 is 1.65 bits per heavy atom. The first kappa shape index (κ1) is 33.2. The quantitative estimate of drug-likeness (QED) is 0.165. The van der Waals surface area contributed by atoms with Crippen molar-refractivity contribution in [1.29, 1.82) is 0 Å². The molecule has 270 valence electrons. The number of rotatable bonds is 6. The van der Waals surface area contributed by atoms with Gasteiger partial charge in [0.25, 0.3) is 0 Å². The first-order valence-corrected chi connectivity index (χ1v) is 19.9. The Balaban J connectivity index is 0.974. The Labute approximate surface area is 333 Å². The second-order valence-corrected chi connectivity index (χ2v) is 15.7. The number of anilines is 3. The van der Waals surface area contributed by atoms with Crippen molar-refractivity contribution in [1.82, 2.24) is 4.57 Å². The van der Waals surface area contributed by atoms with Crippen LogP contribution in [0.3, 0.4) is 0 Å². The number of hydrogen-bond acceptors (Lipinski definition) is 1. The van der Waals surface area contributed by atoms with E-state index in [1.165, 1.54) is 88.5 Å². The average molecular weight is 729 g/mol. The van der Waals surface area contributed by atoms with Crippen molar-refractivity contribution >= 4 is 49.6 Å². The molecule has 1 aliphatic rings. The smallest absolute Gasteiger partial charge is 0.0541 e. The van der Waals surface area contributed by atoms with Gasteiger partial charge in [-0.3, -0.25) is 0 Å². The minimum absolute atomic E-state index is 0.0909. The number of fused-ring (bicyclic) bond motifs is 7. The van der Waals surface area contributed by atoms with Crippen LogP contribution in [0.1, 0.15) is 25.0 Å². The molecule has 0 amide bonds. The summed E-state index contributed by atoms with van der Waals surface area (Å²) in [6.07, 6.45) is 0. The van der Waals surface area contributed by atoms with Crippen LogP contribution in [0.25, 0.3) is 71.6 Å². The van der Waals surface area contributed by atoms with E-state index in [2.05, 4.69) is 230 Å². The van der Waals surface area contributed by atoms with Gasteiger partial charge in [0.2, 0.25) is 0 Å². The molecule has 10 aromatic rings.